The van der Waals surface area contributed by atoms with Crippen molar-refractivity contribution in [2.75, 3.05) is 24.5 Å². The zero-order chi connectivity index (χ0) is 56.9. The Morgan fingerprint density at radius 3 is 1.15 bits per heavy atom. The first-order chi connectivity index (χ1) is 42.3. The molecule has 0 atom stereocenters. The van der Waals surface area contributed by atoms with E-state index in [0.717, 1.165) is 23.2 Å². The van der Waals surface area contributed by atoms with E-state index >= 15 is 0 Å². The van der Waals surface area contributed by atoms with Gasteiger partial charge in [-0.3, -0.25) is 0 Å². The summed E-state index contributed by atoms with van der Waals surface area (Å²) < 4.78 is 0. The van der Waals surface area contributed by atoms with Gasteiger partial charge in [0.05, 0.1) is 5.69 Å². The molecule has 6 heterocycles. The summed E-state index contributed by atoms with van der Waals surface area (Å²) in [6, 6.07) is 98.4. The second-order valence-electron chi connectivity index (χ2n) is 26.4. The van der Waals surface area contributed by atoms with Gasteiger partial charge in [0.2, 0.25) is 0 Å². The minimum Gasteiger partial charge on any atom is -0.365 e. The molecule has 7 heteroatoms. The van der Waals surface area contributed by atoms with Gasteiger partial charge in [-0.05, 0) is 178 Å². The fourth-order valence-corrected chi connectivity index (χ4v) is 17.2. The van der Waals surface area contributed by atoms with Gasteiger partial charge in [0.15, 0.2) is 0 Å². The molecule has 19 rings (SSSR count). The maximum Gasteiger partial charge on any atom is 0.252 e. The number of hydrogen-bond donors (Lipinski definition) is 0. The van der Waals surface area contributed by atoms with Crippen molar-refractivity contribution in [3.63, 3.8) is 0 Å². The van der Waals surface area contributed by atoms with E-state index in [4.69, 9.17) is 0 Å². The SMILES string of the molecule is CC(C)(C)c1cc2c3c(c1)N(c1c(-c4ccccc4)cccc1-c1ccccc1)c1cc4c(cc1B3c1ccccc1N2c1ccccc1)B1c2ccccc2N(c2ccccc2)c2cc(N3C5CC6CC(C5)CC3C6)cc(c21)N4c1ccccc1. The minimum atomic E-state index is -0.193. The summed E-state index contributed by atoms with van der Waals surface area (Å²) in [5.41, 5.74) is 29.6. The molecule has 4 fully saturated rings. The quantitative estimate of drug-likeness (QED) is 0.147. The van der Waals surface area contributed by atoms with E-state index in [1.807, 2.05) is 0 Å². The van der Waals surface area contributed by atoms with Gasteiger partial charge in [0.1, 0.15) is 0 Å². The Kier molecular flexibility index (Phi) is 11.0. The predicted molar refractivity (Wildman–Crippen MR) is 364 cm³/mol. The van der Waals surface area contributed by atoms with Crippen LogP contribution in [0.2, 0.25) is 0 Å². The van der Waals surface area contributed by atoms with E-state index < -0.39 is 0 Å². The average Bonchev–Trinajstić information content (AvgIpc) is 0.818. The molecular formula is C79H65B2N5. The molecule has 86 heavy (non-hydrogen) atoms. The Balaban J connectivity index is 0.989. The molecule has 4 bridgehead atoms. The van der Waals surface area contributed by atoms with Crippen LogP contribution in [0.5, 0.6) is 0 Å². The molecule has 6 aliphatic heterocycles. The molecule has 0 unspecified atom stereocenters. The van der Waals surface area contributed by atoms with Crippen LogP contribution in [0.25, 0.3) is 22.3 Å². The molecule has 0 amide bonds. The molecule has 11 aromatic rings. The summed E-state index contributed by atoms with van der Waals surface area (Å²) in [5.74, 6) is 1.69. The highest BCUT2D eigenvalue weighted by atomic mass is 15.2. The minimum absolute atomic E-state index is 0.0762. The van der Waals surface area contributed by atoms with Gasteiger partial charge in [-0.25, -0.2) is 0 Å². The zero-order valence-corrected chi connectivity index (χ0v) is 49.0. The van der Waals surface area contributed by atoms with Crippen LogP contribution in [0.3, 0.4) is 0 Å². The van der Waals surface area contributed by atoms with E-state index in [1.165, 1.54) is 155 Å². The van der Waals surface area contributed by atoms with Gasteiger partial charge in [-0.2, -0.15) is 0 Å². The first-order valence-electron chi connectivity index (χ1n) is 31.4. The maximum absolute atomic E-state index is 2.92. The number of para-hydroxylation sites is 6. The highest BCUT2D eigenvalue weighted by Gasteiger charge is 2.51. The van der Waals surface area contributed by atoms with Crippen LogP contribution in [0.15, 0.2) is 255 Å². The molecule has 2 aliphatic carbocycles. The molecule has 8 aliphatic rings. The number of fused-ring (bicyclic) bond motifs is 8. The third-order valence-electron chi connectivity index (χ3n) is 20.6. The van der Waals surface area contributed by atoms with Crippen molar-refractivity contribution in [1.29, 1.82) is 0 Å². The molecule has 0 radical (unpaired) electrons. The third-order valence-corrected chi connectivity index (χ3v) is 20.6. The van der Waals surface area contributed by atoms with Crippen LogP contribution >= 0.6 is 0 Å². The van der Waals surface area contributed by atoms with Gasteiger partial charge in [0.25, 0.3) is 13.4 Å². The average molecular weight is 1110 g/mol. The van der Waals surface area contributed by atoms with E-state index in [9.17, 15) is 0 Å². The van der Waals surface area contributed by atoms with Crippen LogP contribution in [-0.2, 0) is 5.41 Å². The number of anilines is 13. The maximum atomic E-state index is 2.92. The summed E-state index contributed by atoms with van der Waals surface area (Å²) in [4.78, 5) is 13.5. The van der Waals surface area contributed by atoms with E-state index in [0.29, 0.717) is 12.1 Å². The topological polar surface area (TPSA) is 16.2 Å². The Morgan fingerprint density at radius 1 is 0.314 bits per heavy atom. The van der Waals surface area contributed by atoms with Crippen molar-refractivity contribution in [3.05, 3.63) is 260 Å². The lowest BCUT2D eigenvalue weighted by Gasteiger charge is -2.58. The molecule has 11 aromatic carbocycles. The number of hydrogen-bond acceptors (Lipinski definition) is 5. The Labute approximate surface area is 506 Å². The predicted octanol–water partition coefficient (Wildman–Crippen LogP) is 16.3. The third kappa shape index (κ3) is 7.46. The Morgan fingerprint density at radius 2 is 0.698 bits per heavy atom. The fourth-order valence-electron chi connectivity index (χ4n) is 17.2. The lowest BCUT2D eigenvalue weighted by Crippen LogP contribution is -2.65. The number of piperidine rings is 2. The number of rotatable bonds is 7. The number of nitrogens with zero attached hydrogens (tertiary/aromatic N) is 5. The molecule has 2 saturated heterocycles. The summed E-state index contributed by atoms with van der Waals surface area (Å²) in [6.45, 7) is 6.96. The number of benzene rings is 11. The fraction of sp³-hybridized carbons (Fsp3) is 0.165. The van der Waals surface area contributed by atoms with Crippen LogP contribution in [0.4, 0.5) is 73.9 Å². The zero-order valence-electron chi connectivity index (χ0n) is 49.0. The van der Waals surface area contributed by atoms with Crippen molar-refractivity contribution in [2.24, 2.45) is 11.8 Å². The van der Waals surface area contributed by atoms with Gasteiger partial charge < -0.3 is 24.5 Å². The van der Waals surface area contributed by atoms with Crippen molar-refractivity contribution < 1.29 is 0 Å². The van der Waals surface area contributed by atoms with Crippen molar-refractivity contribution >= 4 is 120 Å². The van der Waals surface area contributed by atoms with Crippen molar-refractivity contribution in [3.8, 4) is 22.3 Å². The van der Waals surface area contributed by atoms with E-state index in [-0.39, 0.29) is 18.8 Å². The first-order valence-corrected chi connectivity index (χ1v) is 31.4. The van der Waals surface area contributed by atoms with Gasteiger partial charge in [-0.15, -0.1) is 0 Å². The highest BCUT2D eigenvalue weighted by Crippen LogP contribution is 2.56. The summed E-state index contributed by atoms with van der Waals surface area (Å²) in [5, 5.41) is 0. The van der Waals surface area contributed by atoms with Crippen molar-refractivity contribution in [2.45, 2.75) is 70.4 Å². The summed E-state index contributed by atoms with van der Waals surface area (Å²) in [7, 11) is 0. The first kappa shape index (κ1) is 49.9. The van der Waals surface area contributed by atoms with Crippen LogP contribution in [0.1, 0.15) is 58.4 Å². The molecule has 0 N–H and O–H groups in total. The van der Waals surface area contributed by atoms with Crippen molar-refractivity contribution in [1.82, 2.24) is 0 Å². The Bertz CT molecular complexity index is 4420. The summed E-state index contributed by atoms with van der Waals surface area (Å²) >= 11 is 0. The monoisotopic (exact) mass is 1110 g/mol. The lowest BCUT2D eigenvalue weighted by molar-refractivity contribution is 0.0900. The molecule has 0 aromatic heterocycles. The lowest BCUT2D eigenvalue weighted by atomic mass is 9.30. The van der Waals surface area contributed by atoms with E-state index in [1.54, 1.807) is 0 Å². The largest absolute Gasteiger partial charge is 0.365 e. The molecule has 0 spiro atoms. The second-order valence-corrected chi connectivity index (χ2v) is 26.4. The highest BCUT2D eigenvalue weighted by molar-refractivity contribution is 7.03. The molecule has 2 saturated carbocycles. The smallest absolute Gasteiger partial charge is 0.252 e. The van der Waals surface area contributed by atoms with Gasteiger partial charge >= 0.3 is 0 Å². The van der Waals surface area contributed by atoms with Gasteiger partial charge in [-0.1, -0.05) is 197 Å². The second kappa shape index (κ2) is 19.0. The molecule has 5 nitrogen and oxygen atoms in total. The van der Waals surface area contributed by atoms with Gasteiger partial charge in [0, 0.05) is 91.5 Å². The standard InChI is InChI=1S/C79H65B2N5/c1-79(2,3)55-45-72-76-73(46-55)86(78-62(53-24-9-4-10-25-53)34-23-35-63(78)54-26-11-5-12-27-54)71-50-70-66(49-67(71)81(76)64-36-19-21-38-68(64)83(72)56-28-13-6-14-29-56)80-65-37-20-22-39-69(65)84(57-30-15-7-16-31-57)74-47-61(82-59-41-51-40-52(43-59)44-60(82)42-51)48-75(77(74)80)85(70)58-32-17-8-18-33-58/h4-39,45-52,59-60H,40-44H2,1-3H3. The van der Waals surface area contributed by atoms with Crippen LogP contribution in [0, 0.1) is 11.8 Å². The van der Waals surface area contributed by atoms with E-state index in [2.05, 4.69) is 300 Å². The van der Waals surface area contributed by atoms with Crippen LogP contribution in [-0.4, -0.2) is 25.5 Å². The molecular weight excluding hydrogens is 1040 g/mol. The molecule has 412 valence electrons. The van der Waals surface area contributed by atoms with Crippen LogP contribution < -0.4 is 57.3 Å². The normalized spacial score (nSPS) is 18.9. The summed E-state index contributed by atoms with van der Waals surface area (Å²) in [6.07, 6.45) is 6.60. The Hall–Kier alpha value is -9.45.